The van der Waals surface area contributed by atoms with E-state index in [-0.39, 0.29) is 0 Å². The summed E-state index contributed by atoms with van der Waals surface area (Å²) < 4.78 is 4.62. The average Bonchev–Trinajstić information content (AvgIpc) is 2.55. The maximum absolute atomic E-state index is 11.8. The second-order valence-corrected chi connectivity index (χ2v) is 4.22. The number of fused-ring (bicyclic) bond motifs is 2. The van der Waals surface area contributed by atoms with E-state index in [1.54, 1.807) is 0 Å². The summed E-state index contributed by atoms with van der Waals surface area (Å²) >= 11 is 0. The van der Waals surface area contributed by atoms with Crippen LogP contribution in [0.5, 0.6) is 0 Å². The Morgan fingerprint density at radius 3 is 2.81 bits per heavy atom. The lowest BCUT2D eigenvalue weighted by atomic mass is 9.77. The van der Waals surface area contributed by atoms with Gasteiger partial charge in [-0.15, -0.1) is 0 Å². The van der Waals surface area contributed by atoms with Gasteiger partial charge >= 0.3 is 12.1 Å². The van der Waals surface area contributed by atoms with Crippen LogP contribution in [-0.2, 0) is 21.5 Å². The van der Waals surface area contributed by atoms with E-state index in [2.05, 4.69) is 10.1 Å². The predicted octanol–water partition coefficient (Wildman–Crippen LogP) is 1.48. The van der Waals surface area contributed by atoms with Crippen LogP contribution in [-0.4, -0.2) is 12.1 Å². The molecule has 1 aromatic rings. The van der Waals surface area contributed by atoms with Crippen molar-refractivity contribution in [2.24, 2.45) is 0 Å². The first-order valence-corrected chi connectivity index (χ1v) is 5.35. The first-order chi connectivity index (χ1) is 7.72. The summed E-state index contributed by atoms with van der Waals surface area (Å²) in [6, 6.07) is 7.71. The number of aryl methyl sites for hydroxylation is 1. The van der Waals surface area contributed by atoms with Crippen LogP contribution < -0.4 is 5.32 Å². The maximum atomic E-state index is 11.8. The lowest BCUT2D eigenvalue weighted by molar-refractivity contribution is -0.140. The molecule has 1 aliphatic heterocycles. The fraction of sp³-hybridized carbons (Fsp3) is 0.333. The molecule has 1 N–H and O–H groups in total. The molecule has 0 aromatic heterocycles. The van der Waals surface area contributed by atoms with Gasteiger partial charge in [0.05, 0.1) is 0 Å². The molecule has 1 amide bonds. The lowest BCUT2D eigenvalue weighted by Crippen LogP contribution is -2.45. The van der Waals surface area contributed by atoms with E-state index in [4.69, 9.17) is 0 Å². The van der Waals surface area contributed by atoms with Gasteiger partial charge in [-0.3, -0.25) is 0 Å². The first-order valence-electron chi connectivity index (χ1n) is 5.35. The molecule has 1 atom stereocenters. The summed E-state index contributed by atoms with van der Waals surface area (Å²) in [6.07, 6.45) is 1.81. The Bertz CT molecular complexity index is 483. The Morgan fingerprint density at radius 2 is 2.06 bits per heavy atom. The fourth-order valence-corrected chi connectivity index (χ4v) is 2.60. The van der Waals surface area contributed by atoms with Crippen molar-refractivity contribution < 1.29 is 14.3 Å². The smallest absolute Gasteiger partial charge is 0.374 e. The molecule has 1 unspecified atom stereocenters. The van der Waals surface area contributed by atoms with Crippen LogP contribution in [0.1, 0.15) is 24.0 Å². The molecule has 0 bridgehead atoms. The maximum Gasteiger partial charge on any atom is 0.416 e. The molecule has 1 aromatic carbocycles. The minimum absolute atomic E-state index is 0.468. The molecule has 0 radical (unpaired) electrons. The second kappa shape index (κ2) is 3.07. The molecule has 1 fully saturated rings. The lowest BCUT2D eigenvalue weighted by Gasteiger charge is -2.31. The van der Waals surface area contributed by atoms with Gasteiger partial charge < -0.3 is 10.1 Å². The molecule has 82 valence electrons. The van der Waals surface area contributed by atoms with Crippen LogP contribution in [0, 0.1) is 0 Å². The van der Waals surface area contributed by atoms with Gasteiger partial charge in [0.2, 0.25) is 0 Å². The van der Waals surface area contributed by atoms with Crippen molar-refractivity contribution in [1.82, 2.24) is 5.32 Å². The number of benzene rings is 1. The van der Waals surface area contributed by atoms with Gasteiger partial charge in [-0.25, -0.2) is 9.59 Å². The monoisotopic (exact) mass is 217 g/mol. The number of alkyl carbamates (subject to hydrolysis) is 1. The van der Waals surface area contributed by atoms with Crippen molar-refractivity contribution in [1.29, 1.82) is 0 Å². The van der Waals surface area contributed by atoms with Crippen molar-refractivity contribution in [2.75, 3.05) is 0 Å². The number of ether oxygens (including phenoxy) is 1. The summed E-state index contributed by atoms with van der Waals surface area (Å²) in [4.78, 5) is 23.0. The zero-order chi connectivity index (χ0) is 11.2. The molecular formula is C12H11NO3. The first kappa shape index (κ1) is 9.39. The number of esters is 1. The van der Waals surface area contributed by atoms with Crippen LogP contribution in [0.4, 0.5) is 4.79 Å². The van der Waals surface area contributed by atoms with Crippen molar-refractivity contribution >= 4 is 12.1 Å². The fourth-order valence-electron chi connectivity index (χ4n) is 2.60. The molecule has 1 aliphatic carbocycles. The van der Waals surface area contributed by atoms with E-state index in [1.165, 1.54) is 0 Å². The van der Waals surface area contributed by atoms with Crippen molar-refractivity contribution in [3.05, 3.63) is 35.4 Å². The Hall–Kier alpha value is -1.84. The van der Waals surface area contributed by atoms with Crippen LogP contribution in [0.25, 0.3) is 0 Å². The Morgan fingerprint density at radius 1 is 1.25 bits per heavy atom. The minimum atomic E-state index is -0.925. The number of carbonyl (C=O) groups is 2. The topological polar surface area (TPSA) is 55.4 Å². The number of rotatable bonds is 0. The highest BCUT2D eigenvalue weighted by Gasteiger charge is 2.51. The highest BCUT2D eigenvalue weighted by molar-refractivity contribution is 5.99. The van der Waals surface area contributed by atoms with E-state index in [0.717, 1.165) is 24.0 Å². The number of nitrogens with one attached hydrogen (secondary N) is 1. The number of hydrogen-bond donors (Lipinski definition) is 1. The Balaban J connectivity index is 2.17. The van der Waals surface area contributed by atoms with Crippen molar-refractivity contribution in [2.45, 2.75) is 24.8 Å². The largest absolute Gasteiger partial charge is 0.416 e. The van der Waals surface area contributed by atoms with Gasteiger partial charge in [-0.1, -0.05) is 24.3 Å². The third kappa shape index (κ3) is 1.10. The Labute approximate surface area is 92.6 Å². The highest BCUT2D eigenvalue weighted by Crippen LogP contribution is 2.38. The summed E-state index contributed by atoms with van der Waals surface area (Å²) in [7, 11) is 0. The summed E-state index contributed by atoms with van der Waals surface area (Å²) in [5, 5.41) is 2.66. The van der Waals surface area contributed by atoms with E-state index >= 15 is 0 Å². The van der Waals surface area contributed by atoms with Crippen LogP contribution in [0.15, 0.2) is 24.3 Å². The van der Waals surface area contributed by atoms with Gasteiger partial charge in [0.1, 0.15) is 0 Å². The van der Waals surface area contributed by atoms with Gasteiger partial charge in [0.25, 0.3) is 0 Å². The number of hydrogen-bond acceptors (Lipinski definition) is 3. The van der Waals surface area contributed by atoms with Crippen molar-refractivity contribution in [3.8, 4) is 0 Å². The molecule has 4 nitrogen and oxygen atoms in total. The molecule has 2 aliphatic rings. The summed E-state index contributed by atoms with van der Waals surface area (Å²) in [5.41, 5.74) is 1.08. The highest BCUT2D eigenvalue weighted by atomic mass is 16.6. The number of carbonyl (C=O) groups excluding carboxylic acids is 2. The third-order valence-electron chi connectivity index (χ3n) is 3.32. The van der Waals surface area contributed by atoms with Gasteiger partial charge in [-0.2, -0.15) is 0 Å². The van der Waals surface area contributed by atoms with E-state index in [0.29, 0.717) is 6.42 Å². The minimum Gasteiger partial charge on any atom is -0.374 e. The van der Waals surface area contributed by atoms with Gasteiger partial charge in [0, 0.05) is 0 Å². The standard InChI is InChI=1S/C12H11NO3/c14-10-12(13-11(15)16-10)7-3-5-8-4-1-2-6-9(8)12/h1-2,4,6H,3,5,7H2,(H,13,15). The summed E-state index contributed by atoms with van der Waals surface area (Å²) in [5.74, 6) is -0.468. The van der Waals surface area contributed by atoms with Gasteiger partial charge in [-0.05, 0) is 30.4 Å². The molecule has 0 saturated carbocycles. The molecule has 4 heteroatoms. The van der Waals surface area contributed by atoms with E-state index in [1.807, 2.05) is 24.3 Å². The van der Waals surface area contributed by atoms with E-state index < -0.39 is 17.6 Å². The molecule has 16 heavy (non-hydrogen) atoms. The average molecular weight is 217 g/mol. The van der Waals surface area contributed by atoms with Crippen LogP contribution >= 0.6 is 0 Å². The van der Waals surface area contributed by atoms with E-state index in [9.17, 15) is 9.59 Å². The predicted molar refractivity (Wildman–Crippen MR) is 55.7 cm³/mol. The number of amides is 1. The number of cyclic esters (lactones) is 2. The molecule has 1 heterocycles. The quantitative estimate of drug-likeness (QED) is 0.529. The molecular weight excluding hydrogens is 206 g/mol. The molecule has 1 spiro atoms. The second-order valence-electron chi connectivity index (χ2n) is 4.22. The Kier molecular flexibility index (Phi) is 1.80. The molecule has 3 rings (SSSR count). The van der Waals surface area contributed by atoms with Crippen LogP contribution in [0.2, 0.25) is 0 Å². The van der Waals surface area contributed by atoms with Crippen molar-refractivity contribution in [3.63, 3.8) is 0 Å². The van der Waals surface area contributed by atoms with Crippen LogP contribution in [0.3, 0.4) is 0 Å². The zero-order valence-electron chi connectivity index (χ0n) is 8.66. The third-order valence-corrected chi connectivity index (χ3v) is 3.32. The summed E-state index contributed by atoms with van der Waals surface area (Å²) in [6.45, 7) is 0. The normalized spacial score (nSPS) is 27.5. The molecule has 1 saturated heterocycles. The SMILES string of the molecule is O=C1NC2(CCCc3ccccc32)C(=O)O1. The zero-order valence-corrected chi connectivity index (χ0v) is 8.66. The van der Waals surface area contributed by atoms with Gasteiger partial charge in [0.15, 0.2) is 5.54 Å².